The second kappa shape index (κ2) is 9.70. The number of thioether (sulfide) groups is 1. The third-order valence-electron chi connectivity index (χ3n) is 7.14. The summed E-state index contributed by atoms with van der Waals surface area (Å²) in [5.41, 5.74) is 4.69. The van der Waals surface area contributed by atoms with E-state index in [2.05, 4.69) is 29.6 Å². The van der Waals surface area contributed by atoms with E-state index in [4.69, 9.17) is 4.74 Å². The van der Waals surface area contributed by atoms with Crippen molar-refractivity contribution in [3.8, 4) is 11.1 Å². The Labute approximate surface area is 202 Å². The van der Waals surface area contributed by atoms with Crippen LogP contribution in [0.5, 0.6) is 0 Å². The summed E-state index contributed by atoms with van der Waals surface area (Å²) in [6.45, 7) is 0.250. The molecule has 0 aromatic heterocycles. The van der Waals surface area contributed by atoms with Crippen molar-refractivity contribution in [2.45, 2.75) is 43.7 Å². The Balaban J connectivity index is 1.18. The molecule has 2 aliphatic carbocycles. The van der Waals surface area contributed by atoms with Gasteiger partial charge in [0, 0.05) is 23.6 Å². The van der Waals surface area contributed by atoms with Crippen LogP contribution in [0.3, 0.4) is 0 Å². The second-order valence-electron chi connectivity index (χ2n) is 9.19. The predicted molar refractivity (Wildman–Crippen MR) is 130 cm³/mol. The Morgan fingerprint density at radius 2 is 1.71 bits per heavy atom. The van der Waals surface area contributed by atoms with Gasteiger partial charge in [0.25, 0.3) is 0 Å². The number of carbonyl (C=O) groups excluding carboxylic acids is 2. The summed E-state index contributed by atoms with van der Waals surface area (Å²) >= 11 is 1.47. The summed E-state index contributed by atoms with van der Waals surface area (Å²) in [6, 6.07) is 15.5. The minimum absolute atomic E-state index is 0.000509. The van der Waals surface area contributed by atoms with E-state index in [0.29, 0.717) is 18.1 Å². The maximum Gasteiger partial charge on any atom is 0.407 e. The first-order valence-electron chi connectivity index (χ1n) is 11.8. The highest BCUT2D eigenvalue weighted by molar-refractivity contribution is 7.99. The Kier molecular flexibility index (Phi) is 6.50. The molecule has 2 amide bonds. The van der Waals surface area contributed by atoms with Crippen molar-refractivity contribution in [2.24, 2.45) is 5.92 Å². The van der Waals surface area contributed by atoms with Crippen molar-refractivity contribution >= 4 is 29.7 Å². The van der Waals surface area contributed by atoms with Gasteiger partial charge < -0.3 is 20.1 Å². The SMILES string of the molecule is O=C(N[C@@H]1CCC[C@H](C(=O)N2CSC[C@H]2C(=O)O)C1)OCC1c2ccccc2-c2ccccc21. The third kappa shape index (κ3) is 4.39. The average Bonchev–Trinajstić information content (AvgIpc) is 3.46. The molecular weight excluding hydrogens is 452 g/mol. The number of nitrogens with one attached hydrogen (secondary N) is 1. The third-order valence-corrected chi connectivity index (χ3v) is 8.15. The number of benzene rings is 2. The zero-order valence-electron chi connectivity index (χ0n) is 18.8. The molecule has 5 rings (SSSR count). The lowest BCUT2D eigenvalue weighted by molar-refractivity contribution is -0.150. The summed E-state index contributed by atoms with van der Waals surface area (Å²) in [7, 11) is 0. The molecule has 1 saturated heterocycles. The summed E-state index contributed by atoms with van der Waals surface area (Å²) in [5, 5.41) is 12.3. The maximum absolute atomic E-state index is 13.0. The fraction of sp³-hybridized carbons (Fsp3) is 0.423. The topological polar surface area (TPSA) is 95.9 Å². The Hall–Kier alpha value is -3.00. The molecular formula is C26H28N2O5S. The second-order valence-corrected chi connectivity index (χ2v) is 10.2. The van der Waals surface area contributed by atoms with Gasteiger partial charge in [0.1, 0.15) is 12.6 Å². The number of hydrogen-bond acceptors (Lipinski definition) is 5. The molecule has 1 heterocycles. The van der Waals surface area contributed by atoms with Gasteiger partial charge in [0.15, 0.2) is 0 Å². The number of carboxylic acids is 1. The molecule has 178 valence electrons. The summed E-state index contributed by atoms with van der Waals surface area (Å²) in [6.07, 6.45) is 2.35. The van der Waals surface area contributed by atoms with Crippen LogP contribution in [0, 0.1) is 5.92 Å². The van der Waals surface area contributed by atoms with Gasteiger partial charge in [0.2, 0.25) is 5.91 Å². The lowest BCUT2D eigenvalue weighted by Crippen LogP contribution is -2.47. The van der Waals surface area contributed by atoms with E-state index in [9.17, 15) is 19.5 Å². The minimum Gasteiger partial charge on any atom is -0.480 e. The molecule has 1 aliphatic heterocycles. The molecule has 0 unspecified atom stereocenters. The van der Waals surface area contributed by atoms with E-state index in [1.165, 1.54) is 27.8 Å². The Morgan fingerprint density at radius 1 is 1.03 bits per heavy atom. The van der Waals surface area contributed by atoms with Crippen LogP contribution in [0.1, 0.15) is 42.7 Å². The maximum atomic E-state index is 13.0. The number of rotatable bonds is 5. The van der Waals surface area contributed by atoms with Crippen molar-refractivity contribution in [1.82, 2.24) is 10.2 Å². The summed E-state index contributed by atoms with van der Waals surface area (Å²) < 4.78 is 5.66. The number of hydrogen-bond donors (Lipinski definition) is 2. The van der Waals surface area contributed by atoms with E-state index in [-0.39, 0.29) is 30.4 Å². The zero-order valence-corrected chi connectivity index (χ0v) is 19.6. The zero-order chi connectivity index (χ0) is 23.7. The molecule has 2 fully saturated rings. The first-order chi connectivity index (χ1) is 16.5. The van der Waals surface area contributed by atoms with Crippen molar-refractivity contribution in [3.63, 3.8) is 0 Å². The Morgan fingerprint density at radius 3 is 2.38 bits per heavy atom. The first-order valence-corrected chi connectivity index (χ1v) is 12.9. The van der Waals surface area contributed by atoms with Gasteiger partial charge in [0.05, 0.1) is 5.88 Å². The number of amides is 2. The van der Waals surface area contributed by atoms with Gasteiger partial charge in [-0.25, -0.2) is 9.59 Å². The lowest BCUT2D eigenvalue weighted by Gasteiger charge is -2.32. The number of ether oxygens (including phenoxy) is 1. The van der Waals surface area contributed by atoms with Gasteiger partial charge >= 0.3 is 12.1 Å². The summed E-state index contributed by atoms with van der Waals surface area (Å²) in [5.74, 6) is -0.502. The van der Waals surface area contributed by atoms with E-state index in [1.807, 2.05) is 24.3 Å². The van der Waals surface area contributed by atoms with Gasteiger partial charge in [-0.05, 0) is 41.5 Å². The molecule has 0 bridgehead atoms. The fourth-order valence-electron chi connectivity index (χ4n) is 5.45. The molecule has 7 nitrogen and oxygen atoms in total. The minimum atomic E-state index is -0.956. The van der Waals surface area contributed by atoms with Crippen LogP contribution >= 0.6 is 11.8 Å². The van der Waals surface area contributed by atoms with Crippen LogP contribution in [0.4, 0.5) is 4.79 Å². The van der Waals surface area contributed by atoms with Crippen molar-refractivity contribution in [1.29, 1.82) is 0 Å². The largest absolute Gasteiger partial charge is 0.480 e. The highest BCUT2D eigenvalue weighted by Gasteiger charge is 2.39. The Bertz CT molecular complexity index is 1060. The number of carbonyl (C=O) groups is 3. The number of fused-ring (bicyclic) bond motifs is 3. The van der Waals surface area contributed by atoms with Crippen LogP contribution in [0.25, 0.3) is 11.1 Å². The van der Waals surface area contributed by atoms with Crippen molar-refractivity contribution in [2.75, 3.05) is 18.2 Å². The average molecular weight is 481 g/mol. The van der Waals surface area contributed by atoms with Crippen LogP contribution in [-0.4, -0.2) is 58.3 Å². The molecule has 0 spiro atoms. The van der Waals surface area contributed by atoms with E-state index >= 15 is 0 Å². The van der Waals surface area contributed by atoms with Crippen molar-refractivity contribution < 1.29 is 24.2 Å². The molecule has 3 aliphatic rings. The highest BCUT2D eigenvalue weighted by Crippen LogP contribution is 2.44. The first kappa shape index (κ1) is 22.8. The fourth-order valence-corrected chi connectivity index (χ4v) is 6.61. The molecule has 2 N–H and O–H groups in total. The summed E-state index contributed by atoms with van der Waals surface area (Å²) in [4.78, 5) is 38.6. The monoisotopic (exact) mass is 480 g/mol. The molecule has 2 aromatic rings. The number of carboxylic acid groups (broad SMARTS) is 1. The van der Waals surface area contributed by atoms with Gasteiger partial charge in [-0.2, -0.15) is 0 Å². The predicted octanol–water partition coefficient (Wildman–Crippen LogP) is 4.07. The van der Waals surface area contributed by atoms with Crippen LogP contribution in [-0.2, 0) is 14.3 Å². The number of alkyl carbamates (subject to hydrolysis) is 1. The van der Waals surface area contributed by atoms with Crippen LogP contribution in [0.15, 0.2) is 48.5 Å². The normalized spacial score (nSPS) is 23.8. The van der Waals surface area contributed by atoms with E-state index in [0.717, 1.165) is 30.4 Å². The molecule has 0 radical (unpaired) electrons. The molecule has 8 heteroatoms. The van der Waals surface area contributed by atoms with E-state index in [1.54, 1.807) is 0 Å². The lowest BCUT2D eigenvalue weighted by atomic mass is 9.84. The van der Waals surface area contributed by atoms with Gasteiger partial charge in [-0.1, -0.05) is 55.0 Å². The van der Waals surface area contributed by atoms with Gasteiger partial charge in [-0.15, -0.1) is 11.8 Å². The molecule has 1 saturated carbocycles. The quantitative estimate of drug-likeness (QED) is 0.670. The number of nitrogens with zero attached hydrogens (tertiary/aromatic N) is 1. The molecule has 34 heavy (non-hydrogen) atoms. The number of aliphatic carboxylic acids is 1. The van der Waals surface area contributed by atoms with Crippen molar-refractivity contribution in [3.05, 3.63) is 59.7 Å². The molecule has 3 atom stereocenters. The van der Waals surface area contributed by atoms with E-state index < -0.39 is 18.1 Å². The highest BCUT2D eigenvalue weighted by atomic mass is 32.2. The van der Waals surface area contributed by atoms with Gasteiger partial charge in [-0.3, -0.25) is 4.79 Å². The standard InChI is InChI=1S/C26H28N2O5S/c29-24(28-15-34-14-23(28)25(30)31)16-6-5-7-17(12-16)27-26(32)33-13-22-20-10-3-1-8-18(20)19-9-2-4-11-21(19)22/h1-4,8-11,16-17,22-23H,5-7,12-15H2,(H,27,32)(H,30,31)/t16-,17+,23-/m0/s1. The molecule has 2 aromatic carbocycles. The smallest absolute Gasteiger partial charge is 0.407 e. The van der Waals surface area contributed by atoms with Crippen LogP contribution < -0.4 is 5.32 Å². The van der Waals surface area contributed by atoms with Crippen LogP contribution in [0.2, 0.25) is 0 Å².